The fourth-order valence-electron chi connectivity index (χ4n) is 5.64. The van der Waals surface area contributed by atoms with E-state index < -0.39 is 12.0 Å². The number of aryl methyl sites for hydroxylation is 1. The smallest absolute Gasteiger partial charge is 0.417 e. The van der Waals surface area contributed by atoms with Crippen LogP contribution in [0, 0.1) is 0 Å². The van der Waals surface area contributed by atoms with Gasteiger partial charge in [0.15, 0.2) is 23.9 Å². The number of pyridine rings is 1. The fraction of sp³-hybridized carbons (Fsp3) is 0.525. The second kappa shape index (κ2) is 24.7. The molecule has 0 aliphatic rings. The maximum absolute atomic E-state index is 13.7. The minimum absolute atomic E-state index is 0. The van der Waals surface area contributed by atoms with Crippen LogP contribution in [-0.4, -0.2) is 37.7 Å². The SMILES string of the molecule is CCCCCCCCCCCCCCOc1ccc(COC(=O)N(Cc2cc[n+](CCC)cc2)C(=O)c2ccccc2OC)cc1OC.[I-]. The second-order valence-electron chi connectivity index (χ2n) is 12.3. The zero-order valence-corrected chi connectivity index (χ0v) is 32.3. The zero-order chi connectivity index (χ0) is 34.4. The lowest BCUT2D eigenvalue weighted by Crippen LogP contribution is -3.00. The number of carbonyl (C=O) groups excluding carboxylic acids is 2. The molecule has 0 saturated heterocycles. The molecule has 1 heterocycles. The number of halogens is 1. The number of ether oxygens (including phenoxy) is 4. The van der Waals surface area contributed by atoms with Crippen molar-refractivity contribution in [2.75, 3.05) is 20.8 Å². The normalized spacial score (nSPS) is 10.6. The number of aromatic nitrogens is 1. The van der Waals surface area contributed by atoms with Gasteiger partial charge in [-0.1, -0.05) is 103 Å². The third-order valence-electron chi connectivity index (χ3n) is 8.43. The summed E-state index contributed by atoms with van der Waals surface area (Å²) in [6, 6.07) is 16.2. The van der Waals surface area contributed by atoms with E-state index in [1.54, 1.807) is 37.4 Å². The van der Waals surface area contributed by atoms with Crippen molar-refractivity contribution in [3.05, 3.63) is 83.7 Å². The van der Waals surface area contributed by atoms with Crippen LogP contribution >= 0.6 is 0 Å². The number of carbonyl (C=O) groups is 2. The maximum Gasteiger partial charge on any atom is 0.417 e. The van der Waals surface area contributed by atoms with E-state index in [0.29, 0.717) is 23.9 Å². The Kier molecular flexibility index (Phi) is 21.1. The van der Waals surface area contributed by atoms with E-state index in [-0.39, 0.29) is 42.7 Å². The standard InChI is InChI=1S/C40H57N2O6.HI/c1-5-7-8-9-10-11-12-13-14-15-16-19-29-47-37-23-22-34(30-38(37)46-4)32-48-40(44)42(31-33-24-27-41(26-6-2)28-25-33)39(43)35-20-17-18-21-36(35)45-3;/h17-18,20-25,27-28,30H,5-16,19,26,29,31-32H2,1-4H3;1H/q+1;/p-1. The number of imide groups is 1. The van der Waals surface area contributed by atoms with Crippen LogP contribution in [0.4, 0.5) is 4.79 Å². The molecule has 0 unspecified atom stereocenters. The molecule has 3 rings (SSSR count). The lowest BCUT2D eigenvalue weighted by Gasteiger charge is -2.21. The van der Waals surface area contributed by atoms with Crippen LogP contribution in [0.3, 0.4) is 0 Å². The Hall–Kier alpha value is -3.34. The van der Waals surface area contributed by atoms with Gasteiger partial charge in [0.05, 0.1) is 32.9 Å². The first-order valence-corrected chi connectivity index (χ1v) is 17.9. The summed E-state index contributed by atoms with van der Waals surface area (Å²) in [5, 5.41) is 0. The molecule has 1 aromatic heterocycles. The van der Waals surface area contributed by atoms with Crippen molar-refractivity contribution in [2.45, 2.75) is 117 Å². The van der Waals surface area contributed by atoms with Gasteiger partial charge in [-0.05, 0) is 41.8 Å². The van der Waals surface area contributed by atoms with Crippen molar-refractivity contribution in [1.29, 1.82) is 0 Å². The second-order valence-corrected chi connectivity index (χ2v) is 12.3. The van der Waals surface area contributed by atoms with Gasteiger partial charge in [0.1, 0.15) is 18.9 Å². The molecular weight excluding hydrogens is 731 g/mol. The summed E-state index contributed by atoms with van der Waals surface area (Å²) in [7, 11) is 3.09. The quantitative estimate of drug-likeness (QED) is 0.0624. The van der Waals surface area contributed by atoms with Crippen molar-refractivity contribution in [3.63, 3.8) is 0 Å². The molecule has 2 amide bonds. The Balaban J connectivity index is 0.00000833. The van der Waals surface area contributed by atoms with Crippen molar-refractivity contribution < 1.29 is 57.1 Å². The van der Waals surface area contributed by atoms with E-state index in [0.717, 1.165) is 41.8 Å². The fourth-order valence-corrected chi connectivity index (χ4v) is 5.64. The third kappa shape index (κ3) is 15.0. The highest BCUT2D eigenvalue weighted by molar-refractivity contribution is 6.04. The molecule has 0 radical (unpaired) electrons. The molecule has 0 aliphatic heterocycles. The number of rotatable bonds is 23. The number of methoxy groups -OCH3 is 2. The summed E-state index contributed by atoms with van der Waals surface area (Å²) in [5.41, 5.74) is 1.81. The number of amides is 2. The Morgan fingerprint density at radius 1 is 0.673 bits per heavy atom. The Morgan fingerprint density at radius 3 is 1.90 bits per heavy atom. The molecule has 0 saturated carbocycles. The monoisotopic (exact) mass is 788 g/mol. The molecule has 0 atom stereocenters. The highest BCUT2D eigenvalue weighted by atomic mass is 127. The van der Waals surface area contributed by atoms with Crippen LogP contribution in [0.15, 0.2) is 67.0 Å². The molecule has 2 aromatic carbocycles. The van der Waals surface area contributed by atoms with Gasteiger partial charge >= 0.3 is 6.09 Å². The molecule has 9 heteroatoms. The van der Waals surface area contributed by atoms with Gasteiger partial charge in [0, 0.05) is 18.6 Å². The van der Waals surface area contributed by atoms with Crippen LogP contribution < -0.4 is 42.8 Å². The topological polar surface area (TPSA) is 78.2 Å². The number of para-hydroxylation sites is 1. The van der Waals surface area contributed by atoms with Crippen LogP contribution in [-0.2, 0) is 24.4 Å². The minimum Gasteiger partial charge on any atom is -1.00 e. The van der Waals surface area contributed by atoms with Gasteiger partial charge in [-0.15, -0.1) is 0 Å². The van der Waals surface area contributed by atoms with Crippen LogP contribution in [0.5, 0.6) is 17.2 Å². The van der Waals surface area contributed by atoms with E-state index in [2.05, 4.69) is 18.4 Å². The molecule has 0 aliphatic carbocycles. The summed E-state index contributed by atoms with van der Waals surface area (Å²) < 4.78 is 24.8. The average Bonchev–Trinajstić information content (AvgIpc) is 3.12. The molecule has 0 fully saturated rings. The van der Waals surface area contributed by atoms with Crippen molar-refractivity contribution >= 4 is 12.0 Å². The number of nitrogens with zero attached hydrogens (tertiary/aromatic N) is 2. The molecule has 3 aromatic rings. The maximum atomic E-state index is 13.7. The Morgan fingerprint density at radius 2 is 1.29 bits per heavy atom. The summed E-state index contributed by atoms with van der Waals surface area (Å²) >= 11 is 0. The molecule has 270 valence electrons. The van der Waals surface area contributed by atoms with Crippen LogP contribution in [0.1, 0.15) is 119 Å². The number of hydrogen-bond acceptors (Lipinski definition) is 6. The van der Waals surface area contributed by atoms with Gasteiger partial charge in [-0.3, -0.25) is 4.79 Å². The lowest BCUT2D eigenvalue weighted by atomic mass is 10.1. The van der Waals surface area contributed by atoms with E-state index in [9.17, 15) is 9.59 Å². The molecule has 0 bridgehead atoms. The van der Waals surface area contributed by atoms with Crippen molar-refractivity contribution in [3.8, 4) is 17.2 Å². The highest BCUT2D eigenvalue weighted by Crippen LogP contribution is 2.29. The molecule has 0 spiro atoms. The van der Waals surface area contributed by atoms with E-state index in [4.69, 9.17) is 18.9 Å². The van der Waals surface area contributed by atoms with Crippen molar-refractivity contribution in [1.82, 2.24) is 4.90 Å². The average molecular weight is 789 g/mol. The molecule has 49 heavy (non-hydrogen) atoms. The van der Waals surface area contributed by atoms with Gasteiger partial charge < -0.3 is 42.9 Å². The highest BCUT2D eigenvalue weighted by Gasteiger charge is 2.27. The zero-order valence-electron chi connectivity index (χ0n) is 30.1. The van der Waals surface area contributed by atoms with Gasteiger partial charge in [-0.25, -0.2) is 14.3 Å². The third-order valence-corrected chi connectivity index (χ3v) is 8.43. The van der Waals surface area contributed by atoms with Gasteiger partial charge in [-0.2, -0.15) is 0 Å². The summed E-state index contributed by atoms with van der Waals surface area (Å²) in [6.45, 7) is 5.91. The largest absolute Gasteiger partial charge is 1.00 e. The lowest BCUT2D eigenvalue weighted by molar-refractivity contribution is -0.697. The van der Waals surface area contributed by atoms with E-state index in [1.807, 2.05) is 36.7 Å². The van der Waals surface area contributed by atoms with Crippen LogP contribution in [0.25, 0.3) is 0 Å². The Labute approximate surface area is 311 Å². The number of unbranched alkanes of at least 4 members (excludes halogenated alkanes) is 11. The number of hydrogen-bond donors (Lipinski definition) is 0. The van der Waals surface area contributed by atoms with E-state index >= 15 is 0 Å². The predicted octanol–water partition coefficient (Wildman–Crippen LogP) is 6.46. The summed E-state index contributed by atoms with van der Waals surface area (Å²) in [4.78, 5) is 28.2. The minimum atomic E-state index is -0.748. The molecule has 8 nitrogen and oxygen atoms in total. The predicted molar refractivity (Wildman–Crippen MR) is 190 cm³/mol. The van der Waals surface area contributed by atoms with E-state index in [1.165, 1.54) is 71.3 Å². The van der Waals surface area contributed by atoms with Crippen LogP contribution in [0.2, 0.25) is 0 Å². The summed E-state index contributed by atoms with van der Waals surface area (Å²) in [6.07, 6.45) is 19.7. The van der Waals surface area contributed by atoms with Gasteiger partial charge in [0.25, 0.3) is 5.91 Å². The van der Waals surface area contributed by atoms with Gasteiger partial charge in [0.2, 0.25) is 0 Å². The first-order valence-electron chi connectivity index (χ1n) is 17.9. The molecular formula is C40H57IN2O6. The first-order chi connectivity index (χ1) is 23.5. The Bertz CT molecular complexity index is 1370. The first kappa shape index (κ1) is 41.8. The molecule has 0 N–H and O–H groups in total. The van der Waals surface area contributed by atoms with Crippen molar-refractivity contribution in [2.24, 2.45) is 0 Å². The summed E-state index contributed by atoms with van der Waals surface area (Å²) in [5.74, 6) is 1.13. The number of benzene rings is 2.